The zero-order valence-electron chi connectivity index (χ0n) is 12.9. The topological polar surface area (TPSA) is 78.5 Å². The van der Waals surface area contributed by atoms with Gasteiger partial charge in [0.15, 0.2) is 0 Å². The Bertz CT molecular complexity index is 568. The van der Waals surface area contributed by atoms with Crippen molar-refractivity contribution in [2.75, 3.05) is 27.7 Å². The summed E-state index contributed by atoms with van der Waals surface area (Å²) in [6, 6.07) is 6.51. The van der Waals surface area contributed by atoms with Crippen molar-refractivity contribution in [3.8, 4) is 0 Å². The summed E-state index contributed by atoms with van der Waals surface area (Å²) in [6.45, 7) is 2.85. The van der Waals surface area contributed by atoms with Crippen molar-refractivity contribution >= 4 is 15.9 Å². The molecule has 0 spiro atoms. The first-order chi connectivity index (χ1) is 9.78. The van der Waals surface area contributed by atoms with Crippen LogP contribution < -0.4 is 10.6 Å². The van der Waals surface area contributed by atoms with Crippen LogP contribution in [0.3, 0.4) is 0 Å². The van der Waals surface area contributed by atoms with E-state index in [1.54, 1.807) is 31.3 Å². The minimum absolute atomic E-state index is 0.0330. The number of amides is 1. The van der Waals surface area contributed by atoms with E-state index in [0.717, 1.165) is 5.56 Å². The van der Waals surface area contributed by atoms with Gasteiger partial charge >= 0.3 is 0 Å². The summed E-state index contributed by atoms with van der Waals surface area (Å²) in [5, 5.41) is 5.77. The van der Waals surface area contributed by atoms with Crippen molar-refractivity contribution < 1.29 is 13.2 Å². The van der Waals surface area contributed by atoms with Crippen molar-refractivity contribution in [3.63, 3.8) is 0 Å². The summed E-state index contributed by atoms with van der Waals surface area (Å²) >= 11 is 0. The molecule has 0 aromatic heterocycles. The van der Waals surface area contributed by atoms with Gasteiger partial charge in [-0.3, -0.25) is 4.79 Å². The Morgan fingerprint density at radius 3 is 2.29 bits per heavy atom. The van der Waals surface area contributed by atoms with E-state index in [2.05, 4.69) is 10.6 Å². The van der Waals surface area contributed by atoms with Crippen molar-refractivity contribution in [3.05, 3.63) is 29.8 Å². The molecule has 0 radical (unpaired) electrons. The van der Waals surface area contributed by atoms with Crippen LogP contribution in [0.15, 0.2) is 29.2 Å². The van der Waals surface area contributed by atoms with Crippen molar-refractivity contribution in [1.82, 2.24) is 14.9 Å². The highest BCUT2D eigenvalue weighted by molar-refractivity contribution is 7.89. The van der Waals surface area contributed by atoms with Crippen LogP contribution in [0.2, 0.25) is 0 Å². The Hall–Kier alpha value is -1.44. The van der Waals surface area contributed by atoms with E-state index in [-0.39, 0.29) is 16.7 Å². The quantitative estimate of drug-likeness (QED) is 0.764. The van der Waals surface area contributed by atoms with E-state index < -0.39 is 10.0 Å². The van der Waals surface area contributed by atoms with Gasteiger partial charge in [-0.05, 0) is 24.7 Å². The highest BCUT2D eigenvalue weighted by Crippen LogP contribution is 2.13. The molecule has 0 bridgehead atoms. The smallest absolute Gasteiger partial charge is 0.242 e. The van der Waals surface area contributed by atoms with Gasteiger partial charge in [-0.1, -0.05) is 19.1 Å². The molecule has 1 amide bonds. The summed E-state index contributed by atoms with van der Waals surface area (Å²) in [4.78, 5) is 12.0. The third-order valence-corrected chi connectivity index (χ3v) is 4.96. The van der Waals surface area contributed by atoms with Gasteiger partial charge in [0.1, 0.15) is 0 Å². The second-order valence-corrected chi connectivity index (χ2v) is 7.26. The Kier molecular flexibility index (Phi) is 6.32. The van der Waals surface area contributed by atoms with E-state index in [4.69, 9.17) is 0 Å². The number of carbonyl (C=O) groups excluding carboxylic acids is 1. The lowest BCUT2D eigenvalue weighted by molar-refractivity contribution is -0.124. The Morgan fingerprint density at radius 2 is 1.81 bits per heavy atom. The molecule has 0 aliphatic carbocycles. The van der Waals surface area contributed by atoms with Crippen LogP contribution in [0.1, 0.15) is 12.5 Å². The molecule has 118 valence electrons. The molecule has 0 heterocycles. The lowest BCUT2D eigenvalue weighted by Gasteiger charge is -2.13. The minimum atomic E-state index is -3.41. The van der Waals surface area contributed by atoms with Crippen LogP contribution in [0.25, 0.3) is 0 Å². The summed E-state index contributed by atoms with van der Waals surface area (Å²) in [6.07, 6.45) is 0. The first kappa shape index (κ1) is 17.6. The number of nitrogens with one attached hydrogen (secondary N) is 2. The fourth-order valence-electron chi connectivity index (χ4n) is 1.75. The zero-order valence-corrected chi connectivity index (χ0v) is 13.7. The predicted molar refractivity (Wildman–Crippen MR) is 82.3 cm³/mol. The molecular weight excluding hydrogens is 290 g/mol. The highest BCUT2D eigenvalue weighted by atomic mass is 32.2. The molecule has 7 heteroatoms. The summed E-state index contributed by atoms with van der Waals surface area (Å²) < 4.78 is 25.0. The first-order valence-corrected chi connectivity index (χ1v) is 8.16. The molecule has 1 atom stereocenters. The number of rotatable bonds is 7. The Morgan fingerprint density at radius 1 is 1.24 bits per heavy atom. The summed E-state index contributed by atoms with van der Waals surface area (Å²) in [7, 11) is 1.38. The molecule has 0 aliphatic heterocycles. The lowest BCUT2D eigenvalue weighted by atomic mass is 10.1. The van der Waals surface area contributed by atoms with Crippen LogP contribution in [0.5, 0.6) is 0 Å². The Balaban J connectivity index is 2.66. The third-order valence-electron chi connectivity index (χ3n) is 3.13. The van der Waals surface area contributed by atoms with Crippen molar-refractivity contribution in [2.45, 2.75) is 18.4 Å². The maximum Gasteiger partial charge on any atom is 0.242 e. The maximum atomic E-state index is 11.9. The normalized spacial score (nSPS) is 13.2. The van der Waals surface area contributed by atoms with E-state index in [9.17, 15) is 13.2 Å². The van der Waals surface area contributed by atoms with Gasteiger partial charge in [0, 0.05) is 33.1 Å². The monoisotopic (exact) mass is 313 g/mol. The van der Waals surface area contributed by atoms with Crippen molar-refractivity contribution in [1.29, 1.82) is 0 Å². The largest absolute Gasteiger partial charge is 0.352 e. The number of hydrogen-bond acceptors (Lipinski definition) is 4. The SMILES string of the molecule is CNCC(C)C(=O)NCc1ccc(S(=O)(=O)N(C)C)cc1. The average Bonchev–Trinajstić information content (AvgIpc) is 2.45. The van der Waals surface area contributed by atoms with Gasteiger partial charge in [-0.25, -0.2) is 12.7 Å². The second kappa shape index (κ2) is 7.53. The molecule has 0 aliphatic rings. The molecule has 1 aromatic carbocycles. The van der Waals surface area contributed by atoms with Gasteiger partial charge < -0.3 is 10.6 Å². The molecule has 0 saturated carbocycles. The first-order valence-electron chi connectivity index (χ1n) is 6.72. The Labute approximate surface area is 126 Å². The highest BCUT2D eigenvalue weighted by Gasteiger charge is 2.16. The molecule has 6 nitrogen and oxygen atoms in total. The molecular formula is C14H23N3O3S. The molecule has 1 unspecified atom stereocenters. The van der Waals surface area contributed by atoms with Crippen LogP contribution in [-0.2, 0) is 21.4 Å². The number of nitrogens with zero attached hydrogens (tertiary/aromatic N) is 1. The van der Waals surface area contributed by atoms with E-state index in [1.807, 2.05) is 6.92 Å². The summed E-state index contributed by atoms with van der Waals surface area (Å²) in [5.74, 6) is -0.141. The molecule has 0 fully saturated rings. The molecule has 0 saturated heterocycles. The standard InChI is InChI=1S/C14H23N3O3S/c1-11(9-15-2)14(18)16-10-12-5-7-13(8-6-12)21(19,20)17(3)4/h5-8,11,15H,9-10H2,1-4H3,(H,16,18). The number of carbonyl (C=O) groups is 1. The molecule has 2 N–H and O–H groups in total. The fourth-order valence-corrected chi connectivity index (χ4v) is 2.65. The molecule has 1 aromatic rings. The third kappa shape index (κ3) is 4.80. The van der Waals surface area contributed by atoms with E-state index in [0.29, 0.717) is 13.1 Å². The number of sulfonamides is 1. The van der Waals surface area contributed by atoms with Gasteiger partial charge in [-0.15, -0.1) is 0 Å². The van der Waals surface area contributed by atoms with Crippen LogP contribution in [-0.4, -0.2) is 46.3 Å². The van der Waals surface area contributed by atoms with Crippen LogP contribution >= 0.6 is 0 Å². The van der Waals surface area contributed by atoms with E-state index in [1.165, 1.54) is 18.4 Å². The summed E-state index contributed by atoms with van der Waals surface area (Å²) in [5.41, 5.74) is 0.859. The predicted octanol–water partition coefficient (Wildman–Crippen LogP) is 0.409. The second-order valence-electron chi connectivity index (χ2n) is 5.11. The van der Waals surface area contributed by atoms with Crippen LogP contribution in [0, 0.1) is 5.92 Å². The fraction of sp³-hybridized carbons (Fsp3) is 0.500. The zero-order chi connectivity index (χ0) is 16.0. The average molecular weight is 313 g/mol. The minimum Gasteiger partial charge on any atom is -0.352 e. The van der Waals surface area contributed by atoms with Gasteiger partial charge in [0.05, 0.1) is 4.90 Å². The maximum absolute atomic E-state index is 11.9. The van der Waals surface area contributed by atoms with E-state index >= 15 is 0 Å². The van der Waals surface area contributed by atoms with Gasteiger partial charge in [-0.2, -0.15) is 0 Å². The number of hydrogen-bond donors (Lipinski definition) is 2. The van der Waals surface area contributed by atoms with Gasteiger partial charge in [0.25, 0.3) is 0 Å². The molecule has 21 heavy (non-hydrogen) atoms. The van der Waals surface area contributed by atoms with Crippen molar-refractivity contribution in [2.24, 2.45) is 5.92 Å². The van der Waals surface area contributed by atoms with Crippen LogP contribution in [0.4, 0.5) is 0 Å². The molecule has 1 rings (SSSR count). The lowest BCUT2D eigenvalue weighted by Crippen LogP contribution is -2.33. The van der Waals surface area contributed by atoms with Gasteiger partial charge in [0.2, 0.25) is 15.9 Å². The number of benzene rings is 1.